The van der Waals surface area contributed by atoms with Crippen molar-refractivity contribution in [3.8, 4) is 5.75 Å². The number of ether oxygens (including phenoxy) is 2. The lowest BCUT2D eigenvalue weighted by Gasteiger charge is -2.34. The molecule has 1 fully saturated rings. The third kappa shape index (κ3) is 3.70. The molecule has 1 amide bonds. The standard InChI is InChI=1S/C14H18BrNO3/c1-18-13-4-2-3-11(7-13)8-14(17)16-5-6-19-10-12(16)9-15/h2-4,7,12H,5-6,8-10H2,1H3. The summed E-state index contributed by atoms with van der Waals surface area (Å²) in [5, 5.41) is 0.747. The van der Waals surface area contributed by atoms with Gasteiger partial charge in [0.1, 0.15) is 5.75 Å². The molecule has 1 aromatic rings. The number of rotatable bonds is 4. The van der Waals surface area contributed by atoms with Gasteiger partial charge in [0.05, 0.1) is 32.8 Å². The molecule has 1 aliphatic rings. The Balaban J connectivity index is 2.02. The topological polar surface area (TPSA) is 38.8 Å². The van der Waals surface area contributed by atoms with Gasteiger partial charge in [-0.15, -0.1) is 0 Å². The van der Waals surface area contributed by atoms with Crippen LogP contribution in [0.25, 0.3) is 0 Å². The largest absolute Gasteiger partial charge is 0.497 e. The van der Waals surface area contributed by atoms with E-state index in [2.05, 4.69) is 15.9 Å². The van der Waals surface area contributed by atoms with Crippen LogP contribution in [0.15, 0.2) is 24.3 Å². The molecule has 1 aromatic carbocycles. The lowest BCUT2D eigenvalue weighted by Crippen LogP contribution is -2.50. The van der Waals surface area contributed by atoms with Gasteiger partial charge in [0, 0.05) is 11.9 Å². The van der Waals surface area contributed by atoms with Crippen molar-refractivity contribution < 1.29 is 14.3 Å². The SMILES string of the molecule is COc1cccc(CC(=O)N2CCOCC2CBr)c1. The van der Waals surface area contributed by atoms with Crippen LogP contribution in [0.5, 0.6) is 5.75 Å². The number of amides is 1. The molecule has 1 atom stereocenters. The first-order valence-electron chi connectivity index (χ1n) is 6.30. The molecule has 0 radical (unpaired) electrons. The molecular formula is C14H18BrNO3. The van der Waals surface area contributed by atoms with Crippen molar-refractivity contribution in [3.63, 3.8) is 0 Å². The van der Waals surface area contributed by atoms with E-state index in [1.807, 2.05) is 29.2 Å². The van der Waals surface area contributed by atoms with E-state index in [0.717, 1.165) is 16.6 Å². The van der Waals surface area contributed by atoms with Crippen LogP contribution in [-0.4, -0.2) is 49.0 Å². The molecule has 104 valence electrons. The van der Waals surface area contributed by atoms with Gasteiger partial charge in [0.15, 0.2) is 0 Å². The molecule has 0 spiro atoms. The summed E-state index contributed by atoms with van der Waals surface area (Å²) >= 11 is 3.43. The van der Waals surface area contributed by atoms with Crippen molar-refractivity contribution in [1.29, 1.82) is 0 Å². The number of halogens is 1. The molecule has 0 aromatic heterocycles. The second kappa shape index (κ2) is 6.91. The number of nitrogens with zero attached hydrogens (tertiary/aromatic N) is 1. The summed E-state index contributed by atoms with van der Waals surface area (Å²) in [6, 6.07) is 7.77. The van der Waals surface area contributed by atoms with Crippen LogP contribution in [0.2, 0.25) is 0 Å². The average Bonchev–Trinajstić information content (AvgIpc) is 2.47. The first-order chi connectivity index (χ1) is 9.24. The van der Waals surface area contributed by atoms with E-state index in [0.29, 0.717) is 26.2 Å². The van der Waals surface area contributed by atoms with E-state index in [4.69, 9.17) is 9.47 Å². The smallest absolute Gasteiger partial charge is 0.227 e. The van der Waals surface area contributed by atoms with E-state index in [1.54, 1.807) is 7.11 Å². The first kappa shape index (κ1) is 14.3. The first-order valence-corrected chi connectivity index (χ1v) is 7.43. The van der Waals surface area contributed by atoms with Crippen LogP contribution in [0.4, 0.5) is 0 Å². The molecule has 1 heterocycles. The van der Waals surface area contributed by atoms with Crippen molar-refractivity contribution >= 4 is 21.8 Å². The summed E-state index contributed by atoms with van der Waals surface area (Å²) < 4.78 is 10.6. The highest BCUT2D eigenvalue weighted by Crippen LogP contribution is 2.16. The molecule has 19 heavy (non-hydrogen) atoms. The monoisotopic (exact) mass is 327 g/mol. The molecule has 1 saturated heterocycles. The van der Waals surface area contributed by atoms with E-state index < -0.39 is 0 Å². The van der Waals surface area contributed by atoms with Crippen LogP contribution < -0.4 is 4.74 Å². The summed E-state index contributed by atoms with van der Waals surface area (Å²) in [5.41, 5.74) is 0.976. The Morgan fingerprint density at radius 2 is 2.42 bits per heavy atom. The number of hydrogen-bond donors (Lipinski definition) is 0. The highest BCUT2D eigenvalue weighted by Gasteiger charge is 2.26. The summed E-state index contributed by atoms with van der Waals surface area (Å²) in [5.74, 6) is 0.922. The van der Waals surface area contributed by atoms with Gasteiger partial charge in [-0.2, -0.15) is 0 Å². The summed E-state index contributed by atoms with van der Waals surface area (Å²) in [6.07, 6.45) is 0.403. The van der Waals surface area contributed by atoms with E-state index in [1.165, 1.54) is 0 Å². The Labute approximate surface area is 121 Å². The Morgan fingerprint density at radius 1 is 1.58 bits per heavy atom. The lowest BCUT2D eigenvalue weighted by molar-refractivity contribution is -0.138. The van der Waals surface area contributed by atoms with Crippen LogP contribution >= 0.6 is 15.9 Å². The van der Waals surface area contributed by atoms with E-state index in [-0.39, 0.29) is 11.9 Å². The second-order valence-electron chi connectivity index (χ2n) is 4.50. The molecule has 2 rings (SSSR count). The van der Waals surface area contributed by atoms with Crippen LogP contribution in [0, 0.1) is 0 Å². The van der Waals surface area contributed by atoms with Crippen molar-refractivity contribution in [3.05, 3.63) is 29.8 Å². The van der Waals surface area contributed by atoms with Gasteiger partial charge in [-0.1, -0.05) is 28.1 Å². The second-order valence-corrected chi connectivity index (χ2v) is 5.15. The number of morpholine rings is 1. The minimum atomic E-state index is 0.131. The van der Waals surface area contributed by atoms with Crippen molar-refractivity contribution in [1.82, 2.24) is 4.90 Å². The molecule has 0 aliphatic carbocycles. The fourth-order valence-electron chi connectivity index (χ4n) is 2.17. The number of carbonyl (C=O) groups is 1. The minimum Gasteiger partial charge on any atom is -0.497 e. The Bertz CT molecular complexity index is 438. The maximum Gasteiger partial charge on any atom is 0.227 e. The zero-order valence-corrected chi connectivity index (χ0v) is 12.6. The zero-order valence-electron chi connectivity index (χ0n) is 11.0. The average molecular weight is 328 g/mol. The number of hydrogen-bond acceptors (Lipinski definition) is 3. The fourth-order valence-corrected chi connectivity index (χ4v) is 2.71. The van der Waals surface area contributed by atoms with Gasteiger partial charge in [-0.05, 0) is 17.7 Å². The molecule has 1 aliphatic heterocycles. The maximum absolute atomic E-state index is 12.3. The summed E-state index contributed by atoms with van der Waals surface area (Å²) in [4.78, 5) is 14.2. The van der Waals surface area contributed by atoms with Crippen molar-refractivity contribution in [2.24, 2.45) is 0 Å². The predicted molar refractivity (Wildman–Crippen MR) is 76.8 cm³/mol. The third-order valence-electron chi connectivity index (χ3n) is 3.22. The minimum absolute atomic E-state index is 0.131. The van der Waals surface area contributed by atoms with Gasteiger partial charge in [0.25, 0.3) is 0 Å². The lowest BCUT2D eigenvalue weighted by atomic mass is 10.1. The third-order valence-corrected chi connectivity index (χ3v) is 3.96. The Morgan fingerprint density at radius 3 is 3.16 bits per heavy atom. The van der Waals surface area contributed by atoms with Gasteiger partial charge >= 0.3 is 0 Å². The number of methoxy groups -OCH3 is 1. The molecule has 0 saturated carbocycles. The fraction of sp³-hybridized carbons (Fsp3) is 0.500. The summed E-state index contributed by atoms with van der Waals surface area (Å²) in [7, 11) is 1.63. The van der Waals surface area contributed by atoms with Crippen LogP contribution in [-0.2, 0) is 16.0 Å². The molecule has 0 N–H and O–H groups in total. The molecule has 5 heteroatoms. The molecule has 0 bridgehead atoms. The molecule has 4 nitrogen and oxygen atoms in total. The number of benzene rings is 1. The van der Waals surface area contributed by atoms with Crippen LogP contribution in [0.3, 0.4) is 0 Å². The number of alkyl halides is 1. The van der Waals surface area contributed by atoms with E-state index in [9.17, 15) is 4.79 Å². The van der Waals surface area contributed by atoms with Crippen LogP contribution in [0.1, 0.15) is 5.56 Å². The van der Waals surface area contributed by atoms with Crippen molar-refractivity contribution in [2.45, 2.75) is 12.5 Å². The normalized spacial score (nSPS) is 19.3. The quantitative estimate of drug-likeness (QED) is 0.792. The zero-order chi connectivity index (χ0) is 13.7. The maximum atomic E-state index is 12.3. The predicted octanol–water partition coefficient (Wildman–Crippen LogP) is 1.86. The summed E-state index contributed by atoms with van der Waals surface area (Å²) in [6.45, 7) is 1.89. The highest BCUT2D eigenvalue weighted by molar-refractivity contribution is 9.09. The molecule has 1 unspecified atom stereocenters. The van der Waals surface area contributed by atoms with Gasteiger partial charge in [0.2, 0.25) is 5.91 Å². The van der Waals surface area contributed by atoms with E-state index >= 15 is 0 Å². The number of carbonyl (C=O) groups excluding carboxylic acids is 1. The Hall–Kier alpha value is -1.07. The van der Waals surface area contributed by atoms with Gasteiger partial charge < -0.3 is 14.4 Å². The highest BCUT2D eigenvalue weighted by atomic mass is 79.9. The van der Waals surface area contributed by atoms with Crippen molar-refractivity contribution in [2.75, 3.05) is 32.2 Å². The van der Waals surface area contributed by atoms with Gasteiger partial charge in [-0.3, -0.25) is 4.79 Å². The Kier molecular flexibility index (Phi) is 5.22. The van der Waals surface area contributed by atoms with Gasteiger partial charge in [-0.25, -0.2) is 0 Å². The molecular weight excluding hydrogens is 310 g/mol.